The van der Waals surface area contributed by atoms with Gasteiger partial charge in [0, 0.05) is 32.3 Å². The predicted octanol–water partition coefficient (Wildman–Crippen LogP) is 4.91. The highest BCUT2D eigenvalue weighted by atomic mass is 19.1. The lowest BCUT2D eigenvalue weighted by atomic mass is 10.1. The minimum absolute atomic E-state index is 0.100. The van der Waals surface area contributed by atoms with Crippen molar-refractivity contribution in [1.29, 1.82) is 0 Å². The van der Waals surface area contributed by atoms with Gasteiger partial charge in [-0.2, -0.15) is 5.10 Å². The summed E-state index contributed by atoms with van der Waals surface area (Å²) in [5.74, 6) is 0.552. The Morgan fingerprint density at radius 3 is 2.81 bits per heavy atom. The van der Waals surface area contributed by atoms with Crippen molar-refractivity contribution in [1.82, 2.24) is 14.7 Å². The number of aliphatic hydroxyl groups is 1. The molecule has 0 saturated carbocycles. The van der Waals surface area contributed by atoms with Crippen molar-refractivity contribution in [2.75, 3.05) is 32.9 Å². The molecule has 1 N–H and O–H groups in total. The number of aromatic nitrogens is 2. The summed E-state index contributed by atoms with van der Waals surface area (Å²) in [4.78, 5) is 2.17. The molecule has 1 saturated heterocycles. The number of aryl methyl sites for hydroxylation is 1. The normalized spacial score (nSPS) is 16.3. The fraction of sp³-hybridized carbons (Fsp3) is 0.414. The van der Waals surface area contributed by atoms with Crippen molar-refractivity contribution in [2.45, 2.75) is 44.9 Å². The first kappa shape index (κ1) is 27.0. The van der Waals surface area contributed by atoms with Gasteiger partial charge >= 0.3 is 0 Å². The molecule has 0 aliphatic carbocycles. The van der Waals surface area contributed by atoms with E-state index in [1.54, 1.807) is 22.9 Å². The number of halogens is 1. The van der Waals surface area contributed by atoms with Gasteiger partial charge in [0.15, 0.2) is 0 Å². The smallest absolute Gasteiger partial charge is 0.227 e. The highest BCUT2D eigenvalue weighted by Crippen LogP contribution is 2.33. The Balaban J connectivity index is 1.68. The Bertz CT molecular complexity index is 1130. The summed E-state index contributed by atoms with van der Waals surface area (Å²) in [7, 11) is 0. The van der Waals surface area contributed by atoms with Crippen LogP contribution in [0.5, 0.6) is 11.6 Å². The Labute approximate surface area is 218 Å². The second-order valence-corrected chi connectivity index (χ2v) is 9.20. The van der Waals surface area contributed by atoms with Crippen LogP contribution in [0.4, 0.5) is 4.39 Å². The SMILES string of the molecule is C=CCOCC(O)CN(Cc1c(CC)nn(-c2ccccc2)c1Oc1cccc(F)c1)CC1CCCO1. The lowest BCUT2D eigenvalue weighted by Gasteiger charge is -2.27. The van der Waals surface area contributed by atoms with E-state index in [0.29, 0.717) is 44.3 Å². The number of benzene rings is 2. The molecule has 198 valence electrons. The van der Waals surface area contributed by atoms with E-state index in [4.69, 9.17) is 19.3 Å². The predicted molar refractivity (Wildman–Crippen MR) is 141 cm³/mol. The molecule has 8 heteroatoms. The summed E-state index contributed by atoms with van der Waals surface area (Å²) in [5.41, 5.74) is 2.62. The first-order valence-electron chi connectivity index (χ1n) is 12.9. The highest BCUT2D eigenvalue weighted by Gasteiger charge is 2.26. The van der Waals surface area contributed by atoms with Gasteiger partial charge in [-0.1, -0.05) is 37.3 Å². The molecule has 2 heterocycles. The molecule has 0 bridgehead atoms. The maximum absolute atomic E-state index is 14.0. The van der Waals surface area contributed by atoms with E-state index in [1.807, 2.05) is 30.3 Å². The molecule has 7 nitrogen and oxygen atoms in total. The van der Waals surface area contributed by atoms with E-state index in [0.717, 1.165) is 36.4 Å². The number of para-hydroxylation sites is 1. The van der Waals surface area contributed by atoms with Gasteiger partial charge in [0.1, 0.15) is 11.6 Å². The third-order valence-corrected chi connectivity index (χ3v) is 6.25. The number of hydrogen-bond acceptors (Lipinski definition) is 6. The zero-order valence-electron chi connectivity index (χ0n) is 21.4. The quantitative estimate of drug-likeness (QED) is 0.246. The second kappa shape index (κ2) is 13.5. The van der Waals surface area contributed by atoms with E-state index < -0.39 is 6.10 Å². The Kier molecular flexibility index (Phi) is 9.85. The maximum atomic E-state index is 14.0. The van der Waals surface area contributed by atoms with Gasteiger partial charge in [0.25, 0.3) is 0 Å². The molecule has 1 aliphatic rings. The standard InChI is InChI=1S/C29H36FN3O4/c1-3-15-35-21-24(34)18-32(19-26-14-9-16-36-26)20-27-28(4-2)31-33(23-11-6-5-7-12-23)29(27)37-25-13-8-10-22(30)17-25/h3,5-8,10-13,17,24,26,34H,1,4,9,14-16,18-21H2,2H3. The second-order valence-electron chi connectivity index (χ2n) is 9.20. The Hall–Kier alpha value is -3.04. The minimum Gasteiger partial charge on any atom is -0.438 e. The molecular formula is C29H36FN3O4. The molecule has 2 aromatic carbocycles. The van der Waals surface area contributed by atoms with E-state index in [1.165, 1.54) is 12.1 Å². The molecule has 0 amide bonds. The van der Waals surface area contributed by atoms with Crippen LogP contribution < -0.4 is 4.74 Å². The summed E-state index contributed by atoms with van der Waals surface area (Å²) in [5, 5.41) is 15.6. The van der Waals surface area contributed by atoms with Crippen LogP contribution in [-0.2, 0) is 22.4 Å². The van der Waals surface area contributed by atoms with Gasteiger partial charge in [-0.15, -0.1) is 6.58 Å². The third-order valence-electron chi connectivity index (χ3n) is 6.25. The first-order valence-corrected chi connectivity index (χ1v) is 12.9. The van der Waals surface area contributed by atoms with Gasteiger partial charge in [-0.05, 0) is 43.5 Å². The average Bonchev–Trinajstić information content (AvgIpc) is 3.53. The number of hydrogen-bond donors (Lipinski definition) is 1. The van der Waals surface area contributed by atoms with Crippen molar-refractivity contribution in [3.8, 4) is 17.3 Å². The van der Waals surface area contributed by atoms with Crippen LogP contribution in [0.2, 0.25) is 0 Å². The van der Waals surface area contributed by atoms with Crippen LogP contribution in [0.15, 0.2) is 67.3 Å². The van der Waals surface area contributed by atoms with Crippen molar-refractivity contribution < 1.29 is 23.7 Å². The van der Waals surface area contributed by atoms with Crippen LogP contribution in [-0.4, -0.2) is 64.9 Å². The molecule has 37 heavy (non-hydrogen) atoms. The van der Waals surface area contributed by atoms with E-state index in [-0.39, 0.29) is 18.5 Å². The monoisotopic (exact) mass is 509 g/mol. The molecule has 1 aliphatic heterocycles. The van der Waals surface area contributed by atoms with Crippen LogP contribution in [0.3, 0.4) is 0 Å². The van der Waals surface area contributed by atoms with Gasteiger partial charge in [0.2, 0.25) is 5.88 Å². The molecule has 1 fully saturated rings. The van der Waals surface area contributed by atoms with Gasteiger partial charge in [-0.3, -0.25) is 4.90 Å². The molecule has 2 unspecified atom stereocenters. The molecule has 4 rings (SSSR count). The Morgan fingerprint density at radius 2 is 2.11 bits per heavy atom. The van der Waals surface area contributed by atoms with Gasteiger partial charge in [-0.25, -0.2) is 9.07 Å². The summed E-state index contributed by atoms with van der Waals surface area (Å²) in [6, 6.07) is 15.8. The topological polar surface area (TPSA) is 69.0 Å². The van der Waals surface area contributed by atoms with Crippen molar-refractivity contribution >= 4 is 0 Å². The van der Waals surface area contributed by atoms with Crippen LogP contribution in [0.1, 0.15) is 31.0 Å². The van der Waals surface area contributed by atoms with Crippen molar-refractivity contribution in [2.24, 2.45) is 0 Å². The number of ether oxygens (including phenoxy) is 3. The van der Waals surface area contributed by atoms with Crippen molar-refractivity contribution in [3.05, 3.63) is 84.3 Å². The molecular weight excluding hydrogens is 473 g/mol. The highest BCUT2D eigenvalue weighted by molar-refractivity contribution is 5.43. The zero-order valence-corrected chi connectivity index (χ0v) is 21.4. The maximum Gasteiger partial charge on any atom is 0.227 e. The molecule has 0 radical (unpaired) electrons. The fourth-order valence-electron chi connectivity index (χ4n) is 4.55. The Morgan fingerprint density at radius 1 is 1.27 bits per heavy atom. The van der Waals surface area contributed by atoms with E-state index in [9.17, 15) is 9.50 Å². The number of nitrogens with zero attached hydrogens (tertiary/aromatic N) is 3. The molecule has 2 atom stereocenters. The first-order chi connectivity index (χ1) is 18.1. The zero-order chi connectivity index (χ0) is 26.0. The van der Waals surface area contributed by atoms with E-state index >= 15 is 0 Å². The molecule has 3 aromatic rings. The van der Waals surface area contributed by atoms with Crippen molar-refractivity contribution in [3.63, 3.8) is 0 Å². The number of rotatable bonds is 14. The summed E-state index contributed by atoms with van der Waals surface area (Å²) < 4.78 is 33.5. The lowest BCUT2D eigenvalue weighted by molar-refractivity contribution is 0.00835. The fourth-order valence-corrected chi connectivity index (χ4v) is 4.55. The average molecular weight is 510 g/mol. The summed E-state index contributed by atoms with van der Waals surface area (Å²) >= 11 is 0. The van der Waals surface area contributed by atoms with Crippen LogP contribution in [0.25, 0.3) is 5.69 Å². The minimum atomic E-state index is -0.678. The lowest BCUT2D eigenvalue weighted by Crippen LogP contribution is -2.39. The summed E-state index contributed by atoms with van der Waals surface area (Å²) in [6.45, 7) is 8.61. The van der Waals surface area contributed by atoms with E-state index in [2.05, 4.69) is 18.4 Å². The largest absolute Gasteiger partial charge is 0.438 e. The molecule has 0 spiro atoms. The number of aliphatic hydroxyl groups excluding tert-OH is 1. The third kappa shape index (κ3) is 7.49. The van der Waals surface area contributed by atoms with Crippen LogP contribution in [0, 0.1) is 5.82 Å². The molecule has 1 aromatic heterocycles. The van der Waals surface area contributed by atoms with Crippen LogP contribution >= 0.6 is 0 Å². The summed E-state index contributed by atoms with van der Waals surface area (Å²) in [6.07, 6.45) is 3.79. The van der Waals surface area contributed by atoms with Gasteiger partial charge < -0.3 is 19.3 Å². The van der Waals surface area contributed by atoms with Gasteiger partial charge in [0.05, 0.1) is 42.4 Å².